The maximum atomic E-state index is 6.14. The molecule has 0 unspecified atom stereocenters. The zero-order chi connectivity index (χ0) is 16.8. The van der Waals surface area contributed by atoms with E-state index in [0.717, 1.165) is 60.4 Å². The lowest BCUT2D eigenvalue weighted by molar-refractivity contribution is 0.310. The molecule has 1 saturated heterocycles. The number of rotatable bonds is 6. The van der Waals surface area contributed by atoms with Crippen molar-refractivity contribution < 1.29 is 4.74 Å². The molecule has 1 aromatic heterocycles. The van der Waals surface area contributed by atoms with Gasteiger partial charge in [0.2, 0.25) is 0 Å². The van der Waals surface area contributed by atoms with Crippen molar-refractivity contribution in [3.63, 3.8) is 0 Å². The van der Waals surface area contributed by atoms with E-state index in [2.05, 4.69) is 49.5 Å². The van der Waals surface area contributed by atoms with Gasteiger partial charge in [-0.05, 0) is 63.4 Å². The van der Waals surface area contributed by atoms with Crippen LogP contribution in [0.1, 0.15) is 43.9 Å². The van der Waals surface area contributed by atoms with E-state index >= 15 is 0 Å². The highest BCUT2D eigenvalue weighted by molar-refractivity contribution is 5.88. The number of aromatic nitrogens is 1. The fraction of sp³-hybridized carbons (Fsp3) is 0.476. The van der Waals surface area contributed by atoms with Gasteiger partial charge in [0.1, 0.15) is 5.75 Å². The number of benzene rings is 1. The first kappa shape index (κ1) is 17.0. The number of pyridine rings is 1. The van der Waals surface area contributed by atoms with E-state index in [9.17, 15) is 0 Å². The Kier molecular flexibility index (Phi) is 5.86. The van der Waals surface area contributed by atoms with E-state index in [4.69, 9.17) is 9.72 Å². The molecule has 3 rings (SSSR count). The molecule has 2 heterocycles. The predicted molar refractivity (Wildman–Crippen MR) is 102 cm³/mol. The summed E-state index contributed by atoms with van der Waals surface area (Å²) < 4.78 is 6.14. The molecule has 0 radical (unpaired) electrons. The lowest BCUT2D eigenvalue weighted by Crippen LogP contribution is -2.26. The minimum Gasteiger partial charge on any atom is -0.493 e. The Morgan fingerprint density at radius 2 is 2.04 bits per heavy atom. The first-order valence-electron chi connectivity index (χ1n) is 9.20. The van der Waals surface area contributed by atoms with Crippen molar-refractivity contribution in [3.05, 3.63) is 41.6 Å². The molecule has 0 atom stereocenters. The van der Waals surface area contributed by atoms with Crippen molar-refractivity contribution in [1.29, 1.82) is 0 Å². The second-order valence-electron chi connectivity index (χ2n) is 6.62. The average Bonchev–Trinajstić information content (AvgIpc) is 2.63. The van der Waals surface area contributed by atoms with Gasteiger partial charge in [-0.2, -0.15) is 0 Å². The highest BCUT2D eigenvalue weighted by Gasteiger charge is 2.13. The summed E-state index contributed by atoms with van der Waals surface area (Å²) in [6.45, 7) is 7.31. The van der Waals surface area contributed by atoms with Crippen molar-refractivity contribution in [2.75, 3.05) is 19.7 Å². The van der Waals surface area contributed by atoms with Crippen molar-refractivity contribution in [3.8, 4) is 5.75 Å². The third-order valence-corrected chi connectivity index (χ3v) is 4.77. The van der Waals surface area contributed by atoms with E-state index < -0.39 is 0 Å². The first-order valence-corrected chi connectivity index (χ1v) is 9.20. The van der Waals surface area contributed by atoms with Crippen LogP contribution in [0.25, 0.3) is 17.0 Å². The molecule has 1 N–H and O–H groups in total. The van der Waals surface area contributed by atoms with Crippen LogP contribution in [0.4, 0.5) is 0 Å². The van der Waals surface area contributed by atoms with Crippen LogP contribution >= 0.6 is 0 Å². The molecule has 3 nitrogen and oxygen atoms in total. The predicted octanol–water partition coefficient (Wildman–Crippen LogP) is 4.73. The van der Waals surface area contributed by atoms with Gasteiger partial charge in [-0.1, -0.05) is 31.6 Å². The highest BCUT2D eigenvalue weighted by Crippen LogP contribution is 2.31. The molecule has 1 aliphatic heterocycles. The summed E-state index contributed by atoms with van der Waals surface area (Å²) in [4.78, 5) is 4.87. The van der Waals surface area contributed by atoms with Crippen molar-refractivity contribution in [1.82, 2.24) is 10.3 Å². The van der Waals surface area contributed by atoms with Gasteiger partial charge in [0.25, 0.3) is 0 Å². The summed E-state index contributed by atoms with van der Waals surface area (Å²) in [6.07, 6.45) is 9.18. The molecule has 0 saturated carbocycles. The molecular weight excluding hydrogens is 296 g/mol. The van der Waals surface area contributed by atoms with Crippen LogP contribution in [0, 0.1) is 12.8 Å². The third-order valence-electron chi connectivity index (χ3n) is 4.77. The number of nitrogens with zero attached hydrogens (tertiary/aromatic N) is 1. The molecule has 1 aliphatic rings. The molecule has 1 fully saturated rings. The maximum Gasteiger partial charge on any atom is 0.133 e. The number of hydrogen-bond acceptors (Lipinski definition) is 3. The lowest BCUT2D eigenvalue weighted by atomic mass is 9.97. The third kappa shape index (κ3) is 3.96. The number of unbranched alkanes of at least 4 members (excludes halogenated alkanes) is 1. The van der Waals surface area contributed by atoms with Crippen LogP contribution in [0.2, 0.25) is 0 Å². The monoisotopic (exact) mass is 324 g/mol. The first-order chi connectivity index (χ1) is 11.8. The van der Waals surface area contributed by atoms with Crippen LogP contribution in [-0.2, 0) is 0 Å². The van der Waals surface area contributed by atoms with Crippen molar-refractivity contribution in [2.45, 2.75) is 39.5 Å². The smallest absolute Gasteiger partial charge is 0.133 e. The second-order valence-corrected chi connectivity index (χ2v) is 6.62. The molecule has 24 heavy (non-hydrogen) atoms. The van der Waals surface area contributed by atoms with E-state index in [1.165, 1.54) is 12.8 Å². The van der Waals surface area contributed by atoms with E-state index in [1.807, 2.05) is 6.07 Å². The fourth-order valence-corrected chi connectivity index (χ4v) is 3.23. The highest BCUT2D eigenvalue weighted by atomic mass is 16.5. The molecule has 2 aromatic rings. The number of para-hydroxylation sites is 1. The Hall–Kier alpha value is -1.87. The van der Waals surface area contributed by atoms with Crippen molar-refractivity contribution >= 4 is 17.0 Å². The maximum absolute atomic E-state index is 6.14. The second kappa shape index (κ2) is 8.29. The number of fused-ring (bicyclic) bond motifs is 1. The molecule has 0 aliphatic carbocycles. The topological polar surface area (TPSA) is 34.1 Å². The van der Waals surface area contributed by atoms with Gasteiger partial charge < -0.3 is 10.1 Å². The Bertz CT molecular complexity index is 702. The lowest BCUT2D eigenvalue weighted by Gasteiger charge is -2.19. The number of hydrogen-bond donors (Lipinski definition) is 1. The minimum absolute atomic E-state index is 0.656. The fourth-order valence-electron chi connectivity index (χ4n) is 3.23. The van der Waals surface area contributed by atoms with Crippen LogP contribution in [0.15, 0.2) is 30.3 Å². The normalized spacial score (nSPS) is 16.1. The molecule has 128 valence electrons. The summed E-state index contributed by atoms with van der Waals surface area (Å²) in [5, 5.41) is 4.53. The Balaban J connectivity index is 1.91. The SMILES string of the molecule is CCCCOc1c(C)c(/C=C/C2CCNCC2)nc2ccccc12. The summed E-state index contributed by atoms with van der Waals surface area (Å²) in [6, 6.07) is 8.28. The Morgan fingerprint density at radius 1 is 1.25 bits per heavy atom. The van der Waals surface area contributed by atoms with Gasteiger partial charge in [0, 0.05) is 10.9 Å². The van der Waals surface area contributed by atoms with Crippen molar-refractivity contribution in [2.24, 2.45) is 5.92 Å². The minimum atomic E-state index is 0.656. The number of ether oxygens (including phenoxy) is 1. The molecule has 0 amide bonds. The van der Waals surface area contributed by atoms with Gasteiger partial charge in [0.15, 0.2) is 0 Å². The Labute approximate surface area is 145 Å². The van der Waals surface area contributed by atoms with E-state index in [-0.39, 0.29) is 0 Å². The molecule has 3 heteroatoms. The number of allylic oxidation sites excluding steroid dienone is 1. The van der Waals surface area contributed by atoms with Gasteiger partial charge in [-0.25, -0.2) is 4.98 Å². The number of piperidine rings is 1. The summed E-state index contributed by atoms with van der Waals surface area (Å²) >= 11 is 0. The van der Waals surface area contributed by atoms with Crippen LogP contribution in [0.5, 0.6) is 5.75 Å². The molecule has 1 aromatic carbocycles. The number of nitrogens with one attached hydrogen (secondary N) is 1. The van der Waals surface area contributed by atoms with E-state index in [0.29, 0.717) is 5.92 Å². The van der Waals surface area contributed by atoms with Gasteiger partial charge >= 0.3 is 0 Å². The average molecular weight is 324 g/mol. The quantitative estimate of drug-likeness (QED) is 0.780. The van der Waals surface area contributed by atoms with E-state index in [1.54, 1.807) is 0 Å². The summed E-state index contributed by atoms with van der Waals surface area (Å²) in [7, 11) is 0. The summed E-state index contributed by atoms with van der Waals surface area (Å²) in [5.74, 6) is 1.65. The zero-order valence-corrected chi connectivity index (χ0v) is 14.8. The zero-order valence-electron chi connectivity index (χ0n) is 14.8. The molecular formula is C21H28N2O. The van der Waals surface area contributed by atoms with Gasteiger partial charge in [0.05, 0.1) is 17.8 Å². The van der Waals surface area contributed by atoms with Crippen LogP contribution < -0.4 is 10.1 Å². The molecule has 0 spiro atoms. The largest absolute Gasteiger partial charge is 0.493 e. The Morgan fingerprint density at radius 3 is 2.83 bits per heavy atom. The van der Waals surface area contributed by atoms with Gasteiger partial charge in [-0.3, -0.25) is 0 Å². The van der Waals surface area contributed by atoms with Crippen LogP contribution in [-0.4, -0.2) is 24.7 Å². The molecule has 0 bridgehead atoms. The summed E-state index contributed by atoms with van der Waals surface area (Å²) in [5.41, 5.74) is 3.20. The standard InChI is InChI=1S/C21H28N2O/c1-3-4-15-24-21-16(2)19(10-9-17-11-13-22-14-12-17)23-20-8-6-5-7-18(20)21/h5-10,17,22H,3-4,11-15H2,1-2H3/b10-9+. The van der Waals surface area contributed by atoms with Crippen LogP contribution in [0.3, 0.4) is 0 Å². The van der Waals surface area contributed by atoms with Gasteiger partial charge in [-0.15, -0.1) is 0 Å².